The number of phenolic OH excluding ortho intramolecular Hbond substituents is 1. The van der Waals surface area contributed by atoms with Gasteiger partial charge in [-0.2, -0.15) is 0 Å². The van der Waals surface area contributed by atoms with E-state index in [1.807, 2.05) is 12.1 Å². The number of aromatic hydroxyl groups is 1. The minimum absolute atomic E-state index is 0.0775. The molecule has 0 saturated heterocycles. The maximum Gasteiger partial charge on any atom is 0.305 e. The van der Waals surface area contributed by atoms with Crippen molar-refractivity contribution in [2.75, 3.05) is 7.11 Å². The minimum atomic E-state index is -0.158. The lowest BCUT2D eigenvalue weighted by Gasteiger charge is -2.50. The Hall–Kier alpha value is -1.55. The second-order valence-electron chi connectivity index (χ2n) is 11.0. The predicted molar refractivity (Wildman–Crippen MR) is 127 cm³/mol. The molecule has 0 unspecified atom stereocenters. The summed E-state index contributed by atoms with van der Waals surface area (Å²) in [7, 11) is 1.45. The maximum absolute atomic E-state index is 11.3. The Morgan fingerprint density at radius 2 is 1.88 bits per heavy atom. The summed E-state index contributed by atoms with van der Waals surface area (Å²) < 4.78 is 4.69. The third kappa shape index (κ3) is 4.71. The number of hydrogen-bond acceptors (Lipinski definition) is 4. The van der Waals surface area contributed by atoms with Crippen LogP contribution in [0.25, 0.3) is 0 Å². The van der Waals surface area contributed by atoms with Crippen molar-refractivity contribution < 1.29 is 19.7 Å². The first kappa shape index (κ1) is 23.6. The average molecular weight is 443 g/mol. The van der Waals surface area contributed by atoms with E-state index in [1.54, 1.807) is 0 Å². The third-order valence-corrected chi connectivity index (χ3v) is 9.26. The molecule has 2 N–H and O–H groups in total. The van der Waals surface area contributed by atoms with E-state index in [0.29, 0.717) is 35.8 Å². The van der Waals surface area contributed by atoms with Crippen LogP contribution in [0.4, 0.5) is 0 Å². The fraction of sp³-hybridized carbons (Fsp3) is 0.750. The van der Waals surface area contributed by atoms with Gasteiger partial charge in [0.25, 0.3) is 0 Å². The Kier molecular flexibility index (Phi) is 7.49. The molecule has 3 aliphatic carbocycles. The summed E-state index contributed by atoms with van der Waals surface area (Å²) in [6, 6.07) is 6.00. The number of rotatable bonds is 9. The molecule has 6 atom stereocenters. The van der Waals surface area contributed by atoms with Gasteiger partial charge in [-0.25, -0.2) is 0 Å². The zero-order valence-corrected chi connectivity index (χ0v) is 20.0. The standard InChI is InChI=1S/C28H42O4/c1-28-16-15-23-22-14-12-21(29)17-19(22)11-13-24(23)25(28)18-20(27(28)31)9-7-5-3-4-6-8-10-26(30)32-2/h12,14,17,20,23-25,27,29,31H,3-11,13,15-16,18H2,1-2H3/t20-,23+,24+,25-,27-,28-/m0/s1. The van der Waals surface area contributed by atoms with E-state index in [1.165, 1.54) is 63.2 Å². The minimum Gasteiger partial charge on any atom is -0.508 e. The van der Waals surface area contributed by atoms with E-state index < -0.39 is 0 Å². The number of esters is 1. The number of methoxy groups -OCH3 is 1. The van der Waals surface area contributed by atoms with Gasteiger partial charge in [0.2, 0.25) is 0 Å². The Morgan fingerprint density at radius 1 is 1.12 bits per heavy atom. The van der Waals surface area contributed by atoms with Crippen LogP contribution in [-0.4, -0.2) is 29.4 Å². The number of aliphatic hydroxyl groups is 1. The van der Waals surface area contributed by atoms with Crippen LogP contribution in [0.5, 0.6) is 5.75 Å². The van der Waals surface area contributed by atoms with Crippen LogP contribution < -0.4 is 0 Å². The quantitative estimate of drug-likeness (QED) is 0.357. The van der Waals surface area contributed by atoms with Gasteiger partial charge >= 0.3 is 5.97 Å². The zero-order valence-electron chi connectivity index (χ0n) is 20.0. The molecule has 0 aliphatic heterocycles. The highest BCUT2D eigenvalue weighted by Crippen LogP contribution is 2.62. The van der Waals surface area contributed by atoms with Crippen LogP contribution >= 0.6 is 0 Å². The molecule has 2 saturated carbocycles. The second kappa shape index (κ2) is 10.2. The van der Waals surface area contributed by atoms with Gasteiger partial charge in [0.1, 0.15) is 5.75 Å². The molecule has 0 bridgehead atoms. The molecule has 4 nitrogen and oxygen atoms in total. The van der Waals surface area contributed by atoms with E-state index in [9.17, 15) is 15.0 Å². The number of carbonyl (C=O) groups is 1. The SMILES string of the molecule is COC(=O)CCCCCCCC[C@H]1C[C@H]2[C@@H]3CCc4cc(O)ccc4[C@H]3CC[C@]2(C)[C@H]1O. The van der Waals surface area contributed by atoms with E-state index in [0.717, 1.165) is 32.1 Å². The monoisotopic (exact) mass is 442 g/mol. The molecule has 0 amide bonds. The van der Waals surface area contributed by atoms with Crippen molar-refractivity contribution in [3.8, 4) is 5.75 Å². The van der Waals surface area contributed by atoms with Gasteiger partial charge in [0.15, 0.2) is 0 Å². The van der Waals surface area contributed by atoms with Crippen molar-refractivity contribution in [2.24, 2.45) is 23.2 Å². The van der Waals surface area contributed by atoms with E-state index >= 15 is 0 Å². The van der Waals surface area contributed by atoms with Crippen molar-refractivity contribution in [2.45, 2.75) is 102 Å². The first-order valence-corrected chi connectivity index (χ1v) is 13.0. The van der Waals surface area contributed by atoms with Gasteiger partial charge in [0.05, 0.1) is 13.2 Å². The second-order valence-corrected chi connectivity index (χ2v) is 11.0. The van der Waals surface area contributed by atoms with Crippen LogP contribution in [0.1, 0.15) is 101 Å². The van der Waals surface area contributed by atoms with E-state index in [2.05, 4.69) is 13.0 Å². The third-order valence-electron chi connectivity index (χ3n) is 9.26. The van der Waals surface area contributed by atoms with Crippen molar-refractivity contribution in [3.05, 3.63) is 29.3 Å². The van der Waals surface area contributed by atoms with Gasteiger partial charge in [-0.1, -0.05) is 45.1 Å². The fourth-order valence-corrected chi connectivity index (χ4v) is 7.48. The van der Waals surface area contributed by atoms with Crippen molar-refractivity contribution in [1.82, 2.24) is 0 Å². The Balaban J connectivity index is 1.26. The maximum atomic E-state index is 11.3. The van der Waals surface area contributed by atoms with Gasteiger partial charge < -0.3 is 14.9 Å². The largest absolute Gasteiger partial charge is 0.508 e. The Morgan fingerprint density at radius 3 is 2.66 bits per heavy atom. The molecule has 178 valence electrons. The Labute approximate surface area is 193 Å². The summed E-state index contributed by atoms with van der Waals surface area (Å²) in [5.74, 6) is 2.65. The number of benzene rings is 1. The first-order valence-electron chi connectivity index (χ1n) is 13.0. The molecule has 2 fully saturated rings. The molecule has 32 heavy (non-hydrogen) atoms. The van der Waals surface area contributed by atoms with Gasteiger partial charge in [-0.15, -0.1) is 0 Å². The van der Waals surface area contributed by atoms with E-state index in [4.69, 9.17) is 4.74 Å². The summed E-state index contributed by atoms with van der Waals surface area (Å²) in [6.45, 7) is 2.37. The highest BCUT2D eigenvalue weighted by Gasteiger charge is 2.57. The lowest BCUT2D eigenvalue weighted by molar-refractivity contribution is -0.140. The normalized spacial score (nSPS) is 33.3. The van der Waals surface area contributed by atoms with Crippen molar-refractivity contribution >= 4 is 5.97 Å². The van der Waals surface area contributed by atoms with Crippen molar-refractivity contribution in [3.63, 3.8) is 0 Å². The van der Waals surface area contributed by atoms with Crippen LogP contribution in [0.2, 0.25) is 0 Å². The van der Waals surface area contributed by atoms with Crippen LogP contribution in [0.3, 0.4) is 0 Å². The number of phenols is 1. The molecule has 0 spiro atoms. The summed E-state index contributed by atoms with van der Waals surface area (Å²) in [6.07, 6.45) is 14.1. The molecule has 0 aromatic heterocycles. The molecule has 0 radical (unpaired) electrons. The lowest BCUT2D eigenvalue weighted by atomic mass is 9.55. The number of hydrogen-bond donors (Lipinski definition) is 2. The number of ether oxygens (including phenoxy) is 1. The molecule has 4 rings (SSSR count). The summed E-state index contributed by atoms with van der Waals surface area (Å²) in [5, 5.41) is 21.2. The molecule has 1 aromatic carbocycles. The molecular formula is C28H42O4. The lowest BCUT2D eigenvalue weighted by Crippen LogP contribution is -2.44. The highest BCUT2D eigenvalue weighted by atomic mass is 16.5. The fourth-order valence-electron chi connectivity index (χ4n) is 7.48. The molecule has 1 aromatic rings. The molecule has 3 aliphatic rings. The van der Waals surface area contributed by atoms with Gasteiger partial charge in [0, 0.05) is 6.42 Å². The van der Waals surface area contributed by atoms with Gasteiger partial charge in [-0.05, 0) is 97.3 Å². The molecular weight excluding hydrogens is 400 g/mol. The van der Waals surface area contributed by atoms with Gasteiger partial charge in [-0.3, -0.25) is 4.79 Å². The van der Waals surface area contributed by atoms with Crippen molar-refractivity contribution in [1.29, 1.82) is 0 Å². The zero-order chi connectivity index (χ0) is 22.7. The topological polar surface area (TPSA) is 66.8 Å². The molecule has 4 heteroatoms. The summed E-state index contributed by atoms with van der Waals surface area (Å²) >= 11 is 0. The number of unbranched alkanes of at least 4 members (excludes halogenated alkanes) is 5. The number of aryl methyl sites for hydroxylation is 1. The van der Waals surface area contributed by atoms with Crippen LogP contribution in [0, 0.1) is 23.2 Å². The smallest absolute Gasteiger partial charge is 0.305 e. The average Bonchev–Trinajstić information content (AvgIpc) is 3.05. The number of aliphatic hydroxyl groups excluding tert-OH is 1. The highest BCUT2D eigenvalue weighted by molar-refractivity contribution is 5.68. The number of carbonyl (C=O) groups excluding carboxylic acids is 1. The summed E-state index contributed by atoms with van der Waals surface area (Å²) in [5.41, 5.74) is 2.89. The van der Waals surface area contributed by atoms with Crippen LogP contribution in [0.15, 0.2) is 18.2 Å². The van der Waals surface area contributed by atoms with E-state index in [-0.39, 0.29) is 17.5 Å². The van der Waals surface area contributed by atoms with Crippen LogP contribution in [-0.2, 0) is 16.0 Å². The molecule has 0 heterocycles. The Bertz CT molecular complexity index is 790. The summed E-state index contributed by atoms with van der Waals surface area (Å²) in [4.78, 5) is 11.2. The predicted octanol–water partition coefficient (Wildman–Crippen LogP) is 6.13. The first-order chi connectivity index (χ1) is 15.4. The number of fused-ring (bicyclic) bond motifs is 5.